The Balaban J connectivity index is 0.00000288. The molecule has 1 aliphatic rings. The largest absolute Gasteiger partial charge is 0.369 e. The Bertz CT molecular complexity index is 669. The lowest BCUT2D eigenvalue weighted by molar-refractivity contribution is 0.599. The molecule has 24 heavy (non-hydrogen) atoms. The van der Waals surface area contributed by atoms with Gasteiger partial charge < -0.3 is 15.5 Å². The fraction of sp³-hybridized carbons (Fsp3) is 0.533. The third-order valence-electron chi connectivity index (χ3n) is 3.69. The molecular weight excluding hydrogens is 463 g/mol. The highest BCUT2D eigenvalue weighted by Gasteiger charge is 2.23. The van der Waals surface area contributed by atoms with Crippen molar-refractivity contribution in [2.24, 2.45) is 4.99 Å². The minimum absolute atomic E-state index is 0. The summed E-state index contributed by atoms with van der Waals surface area (Å²) in [6.07, 6.45) is 2.21. The molecule has 1 aliphatic heterocycles. The van der Waals surface area contributed by atoms with E-state index in [4.69, 9.17) is 11.6 Å². The summed E-state index contributed by atoms with van der Waals surface area (Å²) in [4.78, 5) is 6.41. The van der Waals surface area contributed by atoms with E-state index in [1.54, 1.807) is 7.05 Å². The van der Waals surface area contributed by atoms with Crippen molar-refractivity contribution >= 4 is 57.1 Å². The Hall–Kier alpha value is -0.740. The molecule has 136 valence electrons. The monoisotopic (exact) mass is 486 g/mol. The molecule has 0 aromatic heterocycles. The number of rotatable bonds is 5. The Labute approximate surface area is 166 Å². The minimum Gasteiger partial charge on any atom is -0.369 e. The number of guanidine groups is 1. The Morgan fingerprint density at radius 3 is 2.83 bits per heavy atom. The smallest absolute Gasteiger partial charge is 0.191 e. The molecule has 1 aromatic rings. The maximum Gasteiger partial charge on any atom is 0.191 e. The van der Waals surface area contributed by atoms with E-state index in [0.29, 0.717) is 12.5 Å². The van der Waals surface area contributed by atoms with Gasteiger partial charge in [0.15, 0.2) is 5.96 Å². The Kier molecular flexibility index (Phi) is 8.58. The maximum absolute atomic E-state index is 11.2. The van der Waals surface area contributed by atoms with Crippen LogP contribution in [0.4, 0.5) is 5.69 Å². The number of hydrogen-bond donors (Lipinski definition) is 2. The van der Waals surface area contributed by atoms with Gasteiger partial charge in [-0.3, -0.25) is 4.99 Å². The Morgan fingerprint density at radius 2 is 2.21 bits per heavy atom. The molecule has 2 N–H and O–H groups in total. The van der Waals surface area contributed by atoms with Gasteiger partial charge in [-0.2, -0.15) is 0 Å². The first-order valence-electron chi connectivity index (χ1n) is 7.53. The summed E-state index contributed by atoms with van der Waals surface area (Å²) in [6.45, 7) is 2.15. The van der Waals surface area contributed by atoms with E-state index >= 15 is 0 Å². The molecule has 0 radical (unpaired) electrons. The van der Waals surface area contributed by atoms with Gasteiger partial charge in [-0.15, -0.1) is 24.0 Å². The number of anilines is 1. The number of benzene rings is 1. The molecule has 0 aliphatic carbocycles. The second-order valence-corrected chi connectivity index (χ2v) is 8.38. The van der Waals surface area contributed by atoms with E-state index in [9.17, 15) is 8.42 Å². The molecule has 1 fully saturated rings. The number of hydrogen-bond acceptors (Lipinski definition) is 4. The average molecular weight is 487 g/mol. The molecular formula is C15H24ClIN4O2S. The van der Waals surface area contributed by atoms with Crippen LogP contribution in [0.25, 0.3) is 0 Å². The van der Waals surface area contributed by atoms with E-state index in [2.05, 4.69) is 20.5 Å². The maximum atomic E-state index is 11.2. The summed E-state index contributed by atoms with van der Waals surface area (Å²) < 4.78 is 22.3. The van der Waals surface area contributed by atoms with Crippen molar-refractivity contribution in [1.29, 1.82) is 0 Å². The number of nitrogens with one attached hydrogen (secondary N) is 2. The first-order chi connectivity index (χ1) is 10.9. The van der Waals surface area contributed by atoms with E-state index in [0.717, 1.165) is 30.2 Å². The SMILES string of the molecule is CN=C(NCCS(C)(=O)=O)NC1CCN(c2cccc(Cl)c2)C1.I. The van der Waals surface area contributed by atoms with Gasteiger partial charge in [0.2, 0.25) is 0 Å². The average Bonchev–Trinajstić information content (AvgIpc) is 2.93. The van der Waals surface area contributed by atoms with E-state index in [1.165, 1.54) is 6.26 Å². The molecule has 1 saturated heterocycles. The first-order valence-corrected chi connectivity index (χ1v) is 9.96. The quantitative estimate of drug-likeness (QED) is 0.377. The van der Waals surface area contributed by atoms with Crippen LogP contribution in [0.5, 0.6) is 0 Å². The third kappa shape index (κ3) is 7.02. The summed E-state index contributed by atoms with van der Waals surface area (Å²) in [5, 5.41) is 7.11. The zero-order chi connectivity index (χ0) is 16.9. The van der Waals surface area contributed by atoms with Gasteiger partial charge in [0, 0.05) is 49.7 Å². The minimum atomic E-state index is -2.97. The predicted octanol–water partition coefficient (Wildman–Crippen LogP) is 1.75. The highest BCUT2D eigenvalue weighted by molar-refractivity contribution is 14.0. The van der Waals surface area contributed by atoms with E-state index < -0.39 is 9.84 Å². The number of nitrogens with zero attached hydrogens (tertiary/aromatic N) is 2. The molecule has 0 bridgehead atoms. The van der Waals surface area contributed by atoms with Gasteiger partial charge in [-0.25, -0.2) is 8.42 Å². The number of aliphatic imine (C=N–C) groups is 1. The molecule has 1 unspecified atom stereocenters. The van der Waals surface area contributed by atoms with Crippen molar-refractivity contribution in [3.05, 3.63) is 29.3 Å². The van der Waals surface area contributed by atoms with Crippen molar-refractivity contribution in [1.82, 2.24) is 10.6 Å². The number of halogens is 2. The molecule has 1 atom stereocenters. The van der Waals surface area contributed by atoms with Gasteiger partial charge in [-0.05, 0) is 24.6 Å². The fourth-order valence-electron chi connectivity index (χ4n) is 2.53. The molecule has 2 rings (SSSR count). The Morgan fingerprint density at radius 1 is 1.46 bits per heavy atom. The van der Waals surface area contributed by atoms with Crippen LogP contribution < -0.4 is 15.5 Å². The second-order valence-electron chi connectivity index (χ2n) is 5.68. The molecule has 0 saturated carbocycles. The molecule has 0 spiro atoms. The van der Waals surface area contributed by atoms with Gasteiger partial charge in [0.05, 0.1) is 5.75 Å². The van der Waals surface area contributed by atoms with Crippen LogP contribution in [0.15, 0.2) is 29.3 Å². The van der Waals surface area contributed by atoms with Gasteiger partial charge in [0.1, 0.15) is 9.84 Å². The molecule has 0 amide bonds. The van der Waals surface area contributed by atoms with Crippen LogP contribution in [0, 0.1) is 0 Å². The fourth-order valence-corrected chi connectivity index (χ4v) is 3.19. The molecule has 6 nitrogen and oxygen atoms in total. The summed E-state index contributed by atoms with van der Waals surface area (Å²) >= 11 is 6.04. The summed E-state index contributed by atoms with van der Waals surface area (Å²) in [5.74, 6) is 0.721. The van der Waals surface area contributed by atoms with Gasteiger partial charge in [0.25, 0.3) is 0 Å². The van der Waals surface area contributed by atoms with Crippen LogP contribution in [0.2, 0.25) is 5.02 Å². The van der Waals surface area contributed by atoms with Crippen molar-refractivity contribution in [2.45, 2.75) is 12.5 Å². The predicted molar refractivity (Wildman–Crippen MR) is 112 cm³/mol. The van der Waals surface area contributed by atoms with Crippen molar-refractivity contribution in [3.63, 3.8) is 0 Å². The molecule has 1 aromatic carbocycles. The highest BCUT2D eigenvalue weighted by Crippen LogP contribution is 2.23. The van der Waals surface area contributed by atoms with Crippen molar-refractivity contribution in [3.8, 4) is 0 Å². The molecule has 1 heterocycles. The normalized spacial score (nSPS) is 18.2. The lowest BCUT2D eigenvalue weighted by Crippen LogP contribution is -2.45. The molecule has 9 heteroatoms. The first kappa shape index (κ1) is 21.3. The van der Waals surface area contributed by atoms with Crippen LogP contribution in [-0.4, -0.2) is 59.1 Å². The van der Waals surface area contributed by atoms with Crippen LogP contribution in [0.1, 0.15) is 6.42 Å². The van der Waals surface area contributed by atoms with Crippen molar-refractivity contribution in [2.75, 3.05) is 43.6 Å². The van der Waals surface area contributed by atoms with Crippen LogP contribution in [-0.2, 0) is 9.84 Å². The van der Waals surface area contributed by atoms with Gasteiger partial charge in [-0.1, -0.05) is 17.7 Å². The highest BCUT2D eigenvalue weighted by atomic mass is 127. The van der Waals surface area contributed by atoms with Crippen molar-refractivity contribution < 1.29 is 8.42 Å². The van der Waals surface area contributed by atoms with E-state index in [-0.39, 0.29) is 35.8 Å². The third-order valence-corrected chi connectivity index (χ3v) is 4.87. The summed E-state index contributed by atoms with van der Waals surface area (Å²) in [7, 11) is -1.29. The summed E-state index contributed by atoms with van der Waals surface area (Å²) in [6, 6.07) is 8.09. The zero-order valence-electron chi connectivity index (χ0n) is 13.8. The second kappa shape index (κ2) is 9.67. The lowest BCUT2D eigenvalue weighted by Gasteiger charge is -2.20. The van der Waals surface area contributed by atoms with Gasteiger partial charge >= 0.3 is 0 Å². The number of sulfone groups is 1. The van der Waals surface area contributed by atoms with Crippen LogP contribution in [0.3, 0.4) is 0 Å². The standard InChI is InChI=1S/C15H23ClN4O2S.HI/c1-17-15(18-7-9-23(2,21)22)19-13-6-8-20(11-13)14-5-3-4-12(16)10-14;/h3-5,10,13H,6-9,11H2,1-2H3,(H2,17,18,19);1H. The van der Waals surface area contributed by atoms with E-state index in [1.807, 2.05) is 24.3 Å². The topological polar surface area (TPSA) is 73.8 Å². The summed E-state index contributed by atoms with van der Waals surface area (Å²) in [5.41, 5.74) is 1.11. The lowest BCUT2D eigenvalue weighted by atomic mass is 10.3. The zero-order valence-corrected chi connectivity index (χ0v) is 17.7. The van der Waals surface area contributed by atoms with Crippen LogP contribution >= 0.6 is 35.6 Å².